The molecule has 0 amide bonds. The van der Waals surface area contributed by atoms with Gasteiger partial charge in [-0.1, -0.05) is 0 Å². The van der Waals surface area contributed by atoms with Crippen molar-refractivity contribution in [3.63, 3.8) is 0 Å². The Balaban J connectivity index is 4.93. The lowest BCUT2D eigenvalue weighted by Gasteiger charge is -2.29. The summed E-state index contributed by atoms with van der Waals surface area (Å²) in [5, 5.41) is 44.7. The van der Waals surface area contributed by atoms with Gasteiger partial charge in [-0.3, -0.25) is 4.79 Å². The van der Waals surface area contributed by atoms with Gasteiger partial charge in [0, 0.05) is 0 Å². The average molecular weight is 267 g/mol. The lowest BCUT2D eigenvalue weighted by molar-refractivity contribution is -0.172. The summed E-state index contributed by atoms with van der Waals surface area (Å²) >= 11 is 0. The van der Waals surface area contributed by atoms with Crippen LogP contribution in [0, 0.1) is 0 Å². The van der Waals surface area contributed by atoms with Crippen LogP contribution in [-0.4, -0.2) is 74.5 Å². The van der Waals surface area contributed by atoms with E-state index in [0.717, 1.165) is 6.92 Å². The van der Waals surface area contributed by atoms with Crippen molar-refractivity contribution in [2.24, 2.45) is 5.73 Å². The number of ether oxygens (including phenoxy) is 1. The second-order valence-corrected chi connectivity index (χ2v) is 3.69. The zero-order chi connectivity index (χ0) is 14.5. The normalized spacial score (nSPS) is 19.6. The van der Waals surface area contributed by atoms with Crippen molar-refractivity contribution in [1.82, 2.24) is 0 Å². The zero-order valence-electron chi connectivity index (χ0n) is 9.63. The highest BCUT2D eigenvalue weighted by Crippen LogP contribution is 2.11. The molecule has 0 aliphatic rings. The third-order valence-electron chi connectivity index (χ3n) is 2.27. The van der Waals surface area contributed by atoms with E-state index in [-0.39, 0.29) is 0 Å². The van der Waals surface area contributed by atoms with Gasteiger partial charge < -0.3 is 36.0 Å². The fourth-order valence-electron chi connectivity index (χ4n) is 1.14. The molecule has 7 N–H and O–H groups in total. The smallest absolute Gasteiger partial charge is 0.332 e. The molecular weight excluding hydrogens is 250 g/mol. The van der Waals surface area contributed by atoms with Crippen molar-refractivity contribution < 1.29 is 39.9 Å². The molecule has 9 nitrogen and oxygen atoms in total. The molecule has 0 heterocycles. The maximum atomic E-state index is 10.7. The molecule has 0 rings (SSSR count). The van der Waals surface area contributed by atoms with Gasteiger partial charge in [0.25, 0.3) is 0 Å². The zero-order valence-corrected chi connectivity index (χ0v) is 9.63. The van der Waals surface area contributed by atoms with Gasteiger partial charge in [-0.25, -0.2) is 4.79 Å². The Morgan fingerprint density at radius 3 is 2.06 bits per heavy atom. The number of carboxylic acid groups (broad SMARTS) is 2. The SMILES string of the molecule is C[C@@H](O[C@@H]([C@H](O)[C@H](O)CO)[C@@H](N)C(=O)O)C(=O)O. The molecule has 5 atom stereocenters. The molecular formula is C9H17NO8. The maximum Gasteiger partial charge on any atom is 0.332 e. The van der Waals surface area contributed by atoms with E-state index >= 15 is 0 Å². The van der Waals surface area contributed by atoms with E-state index in [1.807, 2.05) is 0 Å². The summed E-state index contributed by atoms with van der Waals surface area (Å²) in [6.07, 6.45) is -6.62. The predicted octanol–water partition coefficient (Wildman–Crippen LogP) is -3.03. The van der Waals surface area contributed by atoms with Gasteiger partial charge in [0.15, 0.2) is 6.10 Å². The highest BCUT2D eigenvalue weighted by Gasteiger charge is 2.37. The topological polar surface area (TPSA) is 171 Å². The molecule has 0 spiro atoms. The lowest BCUT2D eigenvalue weighted by atomic mass is 10.0. The molecule has 106 valence electrons. The number of carboxylic acids is 2. The van der Waals surface area contributed by atoms with E-state index in [1.165, 1.54) is 0 Å². The van der Waals surface area contributed by atoms with Crippen molar-refractivity contribution in [2.75, 3.05) is 6.61 Å². The number of aliphatic hydroxyl groups is 3. The molecule has 0 aliphatic carbocycles. The quantitative estimate of drug-likeness (QED) is 0.267. The van der Waals surface area contributed by atoms with Crippen molar-refractivity contribution >= 4 is 11.9 Å². The van der Waals surface area contributed by atoms with Gasteiger partial charge in [0.1, 0.15) is 24.4 Å². The van der Waals surface area contributed by atoms with Crippen LogP contribution in [0.2, 0.25) is 0 Å². The van der Waals surface area contributed by atoms with E-state index < -0.39 is 49.0 Å². The van der Waals surface area contributed by atoms with Gasteiger partial charge in [-0.2, -0.15) is 0 Å². The average Bonchev–Trinajstić information content (AvgIpc) is 2.32. The van der Waals surface area contributed by atoms with Crippen LogP contribution < -0.4 is 5.73 Å². The van der Waals surface area contributed by atoms with Crippen LogP contribution >= 0.6 is 0 Å². The standard InChI is InChI=1S/C9H17NO8/c1-3(8(14)15)18-7(5(10)9(16)17)6(13)4(12)2-11/h3-7,11-13H,2,10H2,1H3,(H,14,15)(H,16,17)/t3-,4-,5-,6-,7-/m1/s1. The van der Waals surface area contributed by atoms with E-state index in [0.29, 0.717) is 0 Å². The van der Waals surface area contributed by atoms with Crippen LogP contribution in [0.1, 0.15) is 6.92 Å². The van der Waals surface area contributed by atoms with Crippen LogP contribution in [0.25, 0.3) is 0 Å². The summed E-state index contributed by atoms with van der Waals surface area (Å²) in [6, 6.07) is -1.75. The summed E-state index contributed by atoms with van der Waals surface area (Å²) < 4.78 is 4.79. The number of hydrogen-bond donors (Lipinski definition) is 6. The van der Waals surface area contributed by atoms with Gasteiger partial charge in [-0.15, -0.1) is 0 Å². The minimum absolute atomic E-state index is 0.852. The number of aliphatic carboxylic acids is 2. The van der Waals surface area contributed by atoms with Crippen molar-refractivity contribution in [1.29, 1.82) is 0 Å². The minimum atomic E-state index is -1.83. The molecule has 0 unspecified atom stereocenters. The fraction of sp³-hybridized carbons (Fsp3) is 0.778. The monoisotopic (exact) mass is 267 g/mol. The second kappa shape index (κ2) is 7.24. The van der Waals surface area contributed by atoms with Crippen molar-refractivity contribution in [2.45, 2.75) is 37.4 Å². The first-order valence-corrected chi connectivity index (χ1v) is 5.06. The summed E-state index contributed by atoms with van der Waals surface area (Å²) in [4.78, 5) is 21.3. The third kappa shape index (κ3) is 4.55. The number of nitrogens with two attached hydrogens (primary N) is 1. The first kappa shape index (κ1) is 16.7. The predicted molar refractivity (Wildman–Crippen MR) is 56.7 cm³/mol. The van der Waals surface area contributed by atoms with Gasteiger partial charge >= 0.3 is 11.9 Å². The Labute approximate surface area is 102 Å². The molecule has 0 bridgehead atoms. The Hall–Kier alpha value is -1.26. The first-order chi connectivity index (χ1) is 8.22. The maximum absolute atomic E-state index is 10.7. The van der Waals surface area contributed by atoms with Crippen LogP contribution in [-0.2, 0) is 14.3 Å². The van der Waals surface area contributed by atoms with E-state index in [1.54, 1.807) is 0 Å². The summed E-state index contributed by atoms with van der Waals surface area (Å²) in [5.41, 5.74) is 5.23. The highest BCUT2D eigenvalue weighted by atomic mass is 16.5. The first-order valence-electron chi connectivity index (χ1n) is 5.06. The minimum Gasteiger partial charge on any atom is -0.480 e. The number of rotatable bonds is 8. The summed E-state index contributed by atoms with van der Waals surface area (Å²) in [5.74, 6) is -2.93. The molecule has 0 radical (unpaired) electrons. The number of hydrogen-bond acceptors (Lipinski definition) is 7. The summed E-state index contributed by atoms with van der Waals surface area (Å²) in [6.45, 7) is 0.261. The Kier molecular flexibility index (Phi) is 6.73. The molecule has 0 aromatic rings. The lowest BCUT2D eigenvalue weighted by Crippen LogP contribution is -2.55. The van der Waals surface area contributed by atoms with E-state index in [2.05, 4.69) is 0 Å². The molecule has 0 saturated heterocycles. The molecule has 0 saturated carbocycles. The highest BCUT2D eigenvalue weighted by molar-refractivity contribution is 5.74. The molecule has 0 aliphatic heterocycles. The molecule has 0 fully saturated rings. The van der Waals surface area contributed by atoms with Crippen LogP contribution in [0.15, 0.2) is 0 Å². The van der Waals surface area contributed by atoms with Crippen LogP contribution in [0.3, 0.4) is 0 Å². The molecule has 0 aromatic carbocycles. The van der Waals surface area contributed by atoms with Crippen molar-refractivity contribution in [3.05, 3.63) is 0 Å². The number of carbonyl (C=O) groups is 2. The fourth-order valence-corrected chi connectivity index (χ4v) is 1.14. The van der Waals surface area contributed by atoms with Gasteiger partial charge in [0.05, 0.1) is 6.61 Å². The number of aliphatic hydroxyl groups excluding tert-OH is 3. The molecule has 0 aromatic heterocycles. The Morgan fingerprint density at radius 1 is 1.22 bits per heavy atom. The van der Waals surface area contributed by atoms with E-state index in [9.17, 15) is 19.8 Å². The largest absolute Gasteiger partial charge is 0.480 e. The van der Waals surface area contributed by atoms with Gasteiger partial charge in [0.2, 0.25) is 0 Å². The molecule has 9 heteroatoms. The van der Waals surface area contributed by atoms with Gasteiger partial charge in [-0.05, 0) is 6.92 Å². The second-order valence-electron chi connectivity index (χ2n) is 3.69. The van der Waals surface area contributed by atoms with Crippen molar-refractivity contribution in [3.8, 4) is 0 Å². The Bertz CT molecular complexity index is 296. The Morgan fingerprint density at radius 2 is 1.72 bits per heavy atom. The third-order valence-corrected chi connectivity index (χ3v) is 2.27. The van der Waals surface area contributed by atoms with E-state index in [4.69, 9.17) is 25.8 Å². The van der Waals surface area contributed by atoms with Crippen LogP contribution in [0.4, 0.5) is 0 Å². The summed E-state index contributed by atoms with van der Waals surface area (Å²) in [7, 11) is 0. The van der Waals surface area contributed by atoms with Crippen LogP contribution in [0.5, 0.6) is 0 Å². The molecule has 18 heavy (non-hydrogen) atoms.